The van der Waals surface area contributed by atoms with E-state index in [2.05, 4.69) is 4.99 Å². The molecule has 3 nitrogen and oxygen atoms in total. The van der Waals surface area contributed by atoms with Gasteiger partial charge in [0, 0.05) is 12.3 Å². The highest BCUT2D eigenvalue weighted by atomic mass is 32.2. The third kappa shape index (κ3) is 5.13. The van der Waals surface area contributed by atoms with E-state index in [9.17, 15) is 18.0 Å². The quantitative estimate of drug-likeness (QED) is 0.756. The lowest BCUT2D eigenvalue weighted by atomic mass is 10.1. The van der Waals surface area contributed by atoms with Crippen molar-refractivity contribution in [3.63, 3.8) is 0 Å². The predicted molar refractivity (Wildman–Crippen MR) is 102 cm³/mol. The van der Waals surface area contributed by atoms with Crippen molar-refractivity contribution >= 4 is 22.8 Å². The van der Waals surface area contributed by atoms with E-state index in [1.54, 1.807) is 11.0 Å². The standard InChI is InChI=1S/C20H19F3N2OS/c1-14-4-2-5-15(10-14)12-18(26)25-9-8-24-19(25)27-13-16-6-3-7-17(11-16)20(21,22)23/h2-7,10-11H,8-9,12-13H2,1H3. The van der Waals surface area contributed by atoms with Crippen LogP contribution < -0.4 is 0 Å². The van der Waals surface area contributed by atoms with Crippen molar-refractivity contribution in [3.8, 4) is 0 Å². The topological polar surface area (TPSA) is 32.7 Å². The molecule has 3 rings (SSSR count). The van der Waals surface area contributed by atoms with Crippen molar-refractivity contribution in [2.45, 2.75) is 25.3 Å². The molecule has 0 unspecified atom stereocenters. The summed E-state index contributed by atoms with van der Waals surface area (Å²) < 4.78 is 38.5. The van der Waals surface area contributed by atoms with Crippen molar-refractivity contribution in [2.24, 2.45) is 4.99 Å². The molecule has 0 aliphatic carbocycles. The van der Waals surface area contributed by atoms with Crippen LogP contribution in [0.5, 0.6) is 0 Å². The van der Waals surface area contributed by atoms with E-state index >= 15 is 0 Å². The Hall–Kier alpha value is -2.28. The van der Waals surface area contributed by atoms with Crippen molar-refractivity contribution in [1.82, 2.24) is 4.90 Å². The molecule has 0 N–H and O–H groups in total. The van der Waals surface area contributed by atoms with Gasteiger partial charge in [-0.3, -0.25) is 14.7 Å². The molecule has 2 aromatic carbocycles. The summed E-state index contributed by atoms with van der Waals surface area (Å²) in [7, 11) is 0. The zero-order chi connectivity index (χ0) is 19.4. The second-order valence-corrected chi connectivity index (χ2v) is 7.30. The Labute approximate surface area is 160 Å². The number of amides is 1. The van der Waals surface area contributed by atoms with E-state index < -0.39 is 11.7 Å². The molecule has 0 aromatic heterocycles. The molecule has 1 aliphatic heterocycles. The smallest absolute Gasteiger partial charge is 0.289 e. The predicted octanol–water partition coefficient (Wildman–Crippen LogP) is 4.69. The molecule has 0 radical (unpaired) electrons. The molecule has 7 heteroatoms. The first-order valence-corrected chi connectivity index (χ1v) is 9.51. The minimum Gasteiger partial charge on any atom is -0.289 e. The van der Waals surface area contributed by atoms with Crippen molar-refractivity contribution in [3.05, 3.63) is 70.8 Å². The van der Waals surface area contributed by atoms with Crippen LogP contribution in [0.3, 0.4) is 0 Å². The molecule has 1 heterocycles. The minimum atomic E-state index is -4.36. The van der Waals surface area contributed by atoms with E-state index in [-0.39, 0.29) is 12.3 Å². The molecule has 0 fully saturated rings. The normalized spacial score (nSPS) is 14.4. The summed E-state index contributed by atoms with van der Waals surface area (Å²) in [5, 5.41) is 0.574. The van der Waals surface area contributed by atoms with Crippen LogP contribution in [0.1, 0.15) is 22.3 Å². The fourth-order valence-electron chi connectivity index (χ4n) is 2.86. The summed E-state index contributed by atoms with van der Waals surface area (Å²) in [6.07, 6.45) is -4.08. The van der Waals surface area contributed by atoms with Crippen molar-refractivity contribution in [2.75, 3.05) is 13.1 Å². The Morgan fingerprint density at radius 3 is 2.63 bits per heavy atom. The summed E-state index contributed by atoms with van der Waals surface area (Å²) in [6, 6.07) is 13.0. The molecule has 0 saturated heterocycles. The minimum absolute atomic E-state index is 0.0478. The molecule has 142 valence electrons. The number of carbonyl (C=O) groups excluding carboxylic acids is 1. The van der Waals surface area contributed by atoms with Gasteiger partial charge in [0.2, 0.25) is 5.91 Å². The van der Waals surface area contributed by atoms with Gasteiger partial charge < -0.3 is 0 Å². The summed E-state index contributed by atoms with van der Waals surface area (Å²) in [4.78, 5) is 18.6. The molecule has 27 heavy (non-hydrogen) atoms. The van der Waals surface area contributed by atoms with Crippen LogP contribution in [0.4, 0.5) is 13.2 Å². The number of alkyl halides is 3. The number of nitrogens with zero attached hydrogens (tertiary/aromatic N) is 2. The van der Waals surface area contributed by atoms with E-state index in [1.165, 1.54) is 17.8 Å². The number of hydrogen-bond acceptors (Lipinski definition) is 3. The van der Waals surface area contributed by atoms with Gasteiger partial charge in [-0.05, 0) is 24.1 Å². The highest BCUT2D eigenvalue weighted by Crippen LogP contribution is 2.30. The summed E-state index contributed by atoms with van der Waals surface area (Å²) in [5.74, 6) is 0.283. The molecule has 2 aromatic rings. The van der Waals surface area contributed by atoms with Gasteiger partial charge in [-0.25, -0.2) is 0 Å². The number of aryl methyl sites for hydroxylation is 1. The summed E-state index contributed by atoms with van der Waals surface area (Å²) >= 11 is 1.29. The maximum absolute atomic E-state index is 12.8. The van der Waals surface area contributed by atoms with Crippen LogP contribution in [-0.4, -0.2) is 29.1 Å². The highest BCUT2D eigenvalue weighted by molar-refractivity contribution is 8.13. The van der Waals surface area contributed by atoms with Gasteiger partial charge in [-0.2, -0.15) is 13.2 Å². The van der Waals surface area contributed by atoms with Crippen LogP contribution >= 0.6 is 11.8 Å². The SMILES string of the molecule is Cc1cccc(CC(=O)N2CCN=C2SCc2cccc(C(F)(F)F)c2)c1. The van der Waals surface area contributed by atoms with Crippen LogP contribution in [0.25, 0.3) is 0 Å². The first-order valence-electron chi connectivity index (χ1n) is 8.52. The van der Waals surface area contributed by atoms with Gasteiger partial charge in [0.25, 0.3) is 0 Å². The maximum Gasteiger partial charge on any atom is 0.416 e. The molecule has 1 aliphatic rings. The molecular formula is C20H19F3N2OS. The lowest BCUT2D eigenvalue weighted by Gasteiger charge is -2.18. The lowest BCUT2D eigenvalue weighted by Crippen LogP contribution is -2.34. The van der Waals surface area contributed by atoms with Gasteiger partial charge >= 0.3 is 6.18 Å². The number of carbonyl (C=O) groups is 1. The number of rotatable bonds is 4. The highest BCUT2D eigenvalue weighted by Gasteiger charge is 2.30. The number of amidine groups is 1. The fraction of sp³-hybridized carbons (Fsp3) is 0.300. The first-order chi connectivity index (χ1) is 12.8. The summed E-state index contributed by atoms with van der Waals surface area (Å²) in [6.45, 7) is 3.00. The number of halogens is 3. The van der Waals surface area contributed by atoms with Gasteiger partial charge in [0.15, 0.2) is 5.17 Å². The first kappa shape index (κ1) is 19.5. The number of aliphatic imine (C=N–C) groups is 1. The monoisotopic (exact) mass is 392 g/mol. The molecule has 0 spiro atoms. The molecule has 1 amide bonds. The van der Waals surface area contributed by atoms with E-state index in [1.807, 2.05) is 31.2 Å². The van der Waals surface area contributed by atoms with Gasteiger partial charge in [0.1, 0.15) is 0 Å². The largest absolute Gasteiger partial charge is 0.416 e. The second-order valence-electron chi connectivity index (χ2n) is 6.36. The van der Waals surface area contributed by atoms with E-state index in [0.29, 0.717) is 29.6 Å². The molecule has 0 bridgehead atoms. The van der Waals surface area contributed by atoms with E-state index in [0.717, 1.165) is 23.3 Å². The third-order valence-electron chi connectivity index (χ3n) is 4.16. The maximum atomic E-state index is 12.8. The third-order valence-corrected chi connectivity index (χ3v) is 5.25. The molecule has 0 atom stereocenters. The Morgan fingerprint density at radius 2 is 1.89 bits per heavy atom. The van der Waals surface area contributed by atoms with E-state index in [4.69, 9.17) is 0 Å². The Morgan fingerprint density at radius 1 is 1.15 bits per heavy atom. The van der Waals surface area contributed by atoms with Gasteiger partial charge in [-0.1, -0.05) is 59.8 Å². The van der Waals surface area contributed by atoms with Gasteiger partial charge in [-0.15, -0.1) is 0 Å². The Kier molecular flexibility index (Phi) is 5.89. The summed E-state index contributed by atoms with van der Waals surface area (Å²) in [5.41, 5.74) is 1.92. The van der Waals surface area contributed by atoms with Crippen LogP contribution in [-0.2, 0) is 23.1 Å². The fourth-order valence-corrected chi connectivity index (χ4v) is 3.87. The average Bonchev–Trinajstić information content (AvgIpc) is 3.08. The van der Waals surface area contributed by atoms with Crippen LogP contribution in [0.2, 0.25) is 0 Å². The average molecular weight is 392 g/mol. The number of thioether (sulfide) groups is 1. The van der Waals surface area contributed by atoms with Crippen LogP contribution in [0, 0.1) is 6.92 Å². The zero-order valence-electron chi connectivity index (χ0n) is 14.8. The lowest BCUT2D eigenvalue weighted by molar-refractivity contribution is -0.137. The Bertz CT molecular complexity index is 864. The number of benzene rings is 2. The van der Waals surface area contributed by atoms with Crippen molar-refractivity contribution in [1.29, 1.82) is 0 Å². The van der Waals surface area contributed by atoms with Crippen LogP contribution in [0.15, 0.2) is 53.5 Å². The van der Waals surface area contributed by atoms with Crippen molar-refractivity contribution < 1.29 is 18.0 Å². The van der Waals surface area contributed by atoms with Gasteiger partial charge in [0.05, 0.1) is 18.5 Å². The molecular weight excluding hydrogens is 373 g/mol. The molecule has 0 saturated carbocycles. The Balaban J connectivity index is 1.62. The number of hydrogen-bond donors (Lipinski definition) is 0. The second kappa shape index (κ2) is 8.17. The zero-order valence-corrected chi connectivity index (χ0v) is 15.6.